The molecule has 0 spiro atoms. The van der Waals surface area contributed by atoms with Gasteiger partial charge in [-0.2, -0.15) is 4.57 Å². The third kappa shape index (κ3) is 4.08. The second-order valence-corrected chi connectivity index (χ2v) is 16.0. The van der Waals surface area contributed by atoms with Crippen LogP contribution in [-0.4, -0.2) is 8.07 Å². The summed E-state index contributed by atoms with van der Waals surface area (Å²) in [5.74, 6) is -0.247. The van der Waals surface area contributed by atoms with Crippen LogP contribution in [0.2, 0.25) is 6.55 Å². The Balaban J connectivity index is 1.66. The zero-order valence-electron chi connectivity index (χ0n) is 25.5. The Morgan fingerprint density at radius 1 is 0.651 bits per heavy atom. The van der Waals surface area contributed by atoms with Gasteiger partial charge in [0.2, 0.25) is 11.2 Å². The molecule has 0 saturated carbocycles. The van der Waals surface area contributed by atoms with Gasteiger partial charge in [0.15, 0.2) is 0 Å². The van der Waals surface area contributed by atoms with Gasteiger partial charge in [0.25, 0.3) is 0 Å². The van der Waals surface area contributed by atoms with Crippen molar-refractivity contribution in [1.29, 1.82) is 0 Å². The van der Waals surface area contributed by atoms with Gasteiger partial charge < -0.3 is 4.42 Å². The lowest BCUT2D eigenvalue weighted by molar-refractivity contribution is -0.633. The molecular weight excluding hydrogens is 546 g/mol. The Hall–Kier alpha value is -4.54. The first-order valence-corrected chi connectivity index (χ1v) is 17.4. The maximum atomic E-state index is 14.7. The van der Waals surface area contributed by atoms with Gasteiger partial charge in [0.1, 0.15) is 32.1 Å². The third-order valence-electron chi connectivity index (χ3n) is 9.58. The number of aromatic nitrogens is 1. The number of furan rings is 1. The fraction of sp³-hybridized carbons (Fsp3) is 0.154. The van der Waals surface area contributed by atoms with Crippen molar-refractivity contribution in [2.45, 2.75) is 34.2 Å². The average molecular weight is 581 g/mol. The zero-order chi connectivity index (χ0) is 30.0. The minimum Gasteiger partial charge on any atom is -0.455 e. The quantitative estimate of drug-likeness (QED) is 0.154. The molecule has 2 aromatic heterocycles. The van der Waals surface area contributed by atoms with Crippen LogP contribution in [0.1, 0.15) is 22.3 Å². The summed E-state index contributed by atoms with van der Waals surface area (Å²) in [6, 6.07) is 36.8. The van der Waals surface area contributed by atoms with Crippen LogP contribution in [0.25, 0.3) is 44.1 Å². The normalized spacial score (nSPS) is 12.1. The first kappa shape index (κ1) is 27.3. The van der Waals surface area contributed by atoms with Crippen LogP contribution in [-0.2, 0) is 7.05 Å². The van der Waals surface area contributed by atoms with Gasteiger partial charge >= 0.3 is 0 Å². The molecule has 0 fully saturated rings. The minimum atomic E-state index is -2.49. The molecule has 0 radical (unpaired) electrons. The molecule has 0 saturated heterocycles. The van der Waals surface area contributed by atoms with Gasteiger partial charge in [-0.1, -0.05) is 78.8 Å². The van der Waals surface area contributed by atoms with E-state index in [1.165, 1.54) is 43.2 Å². The first-order chi connectivity index (χ1) is 20.7. The van der Waals surface area contributed by atoms with Crippen LogP contribution in [0.15, 0.2) is 108 Å². The maximum absolute atomic E-state index is 14.7. The lowest BCUT2D eigenvalue weighted by Gasteiger charge is -2.30. The summed E-state index contributed by atoms with van der Waals surface area (Å²) in [5.41, 5.74) is 8.90. The SMILES string of the molecule is Cc1ccc2c(c1)c([Si](C)(c1ccccc1)c1ccccc1)cc(-c1c(C)c(C)cc3c1oc1c(C)c(F)ccc13)[n+]2C. The molecule has 5 aromatic carbocycles. The lowest BCUT2D eigenvalue weighted by atomic mass is 9.95. The van der Waals surface area contributed by atoms with E-state index in [1.54, 1.807) is 13.0 Å². The lowest BCUT2D eigenvalue weighted by Crippen LogP contribution is -2.65. The highest BCUT2D eigenvalue weighted by Crippen LogP contribution is 2.40. The Morgan fingerprint density at radius 3 is 1.95 bits per heavy atom. The highest BCUT2D eigenvalue weighted by atomic mass is 28.3. The van der Waals surface area contributed by atoms with Crippen molar-refractivity contribution in [3.8, 4) is 11.3 Å². The predicted octanol–water partition coefficient (Wildman–Crippen LogP) is 7.70. The summed E-state index contributed by atoms with van der Waals surface area (Å²) in [7, 11) is -0.338. The number of pyridine rings is 1. The number of halogens is 1. The number of aryl methyl sites for hydroxylation is 4. The summed E-state index contributed by atoms with van der Waals surface area (Å²) in [4.78, 5) is 0. The first-order valence-electron chi connectivity index (χ1n) is 14.9. The fourth-order valence-electron chi connectivity index (χ4n) is 6.89. The summed E-state index contributed by atoms with van der Waals surface area (Å²) in [5, 5.41) is 7.34. The van der Waals surface area contributed by atoms with E-state index in [0.29, 0.717) is 11.1 Å². The predicted molar refractivity (Wildman–Crippen MR) is 180 cm³/mol. The Bertz CT molecular complexity index is 2160. The molecule has 0 unspecified atom stereocenters. The van der Waals surface area contributed by atoms with Crippen LogP contribution < -0.4 is 20.1 Å². The van der Waals surface area contributed by atoms with E-state index in [2.05, 4.69) is 130 Å². The highest BCUT2D eigenvalue weighted by molar-refractivity contribution is 7.11. The van der Waals surface area contributed by atoms with E-state index in [9.17, 15) is 4.39 Å². The molecule has 0 atom stereocenters. The van der Waals surface area contributed by atoms with Crippen molar-refractivity contribution in [2.24, 2.45) is 7.05 Å². The smallest absolute Gasteiger partial charge is 0.216 e. The highest BCUT2D eigenvalue weighted by Gasteiger charge is 2.38. The number of rotatable bonds is 4. The van der Waals surface area contributed by atoms with Gasteiger partial charge in [0, 0.05) is 33.9 Å². The summed E-state index contributed by atoms with van der Waals surface area (Å²) < 4.78 is 23.6. The van der Waals surface area contributed by atoms with Gasteiger partial charge in [0.05, 0.1) is 5.56 Å². The fourth-order valence-corrected chi connectivity index (χ4v) is 10.7. The minimum absolute atomic E-state index is 0.247. The van der Waals surface area contributed by atoms with Gasteiger partial charge in [-0.15, -0.1) is 0 Å². The largest absolute Gasteiger partial charge is 0.455 e. The second kappa shape index (κ2) is 10.0. The number of benzene rings is 5. The monoisotopic (exact) mass is 580 g/mol. The summed E-state index contributed by atoms with van der Waals surface area (Å²) >= 11 is 0. The summed E-state index contributed by atoms with van der Waals surface area (Å²) in [6.45, 7) is 10.8. The molecule has 0 aliphatic carbocycles. The molecule has 4 heteroatoms. The number of fused-ring (bicyclic) bond motifs is 4. The second-order valence-electron chi connectivity index (χ2n) is 12.1. The van der Waals surface area contributed by atoms with E-state index < -0.39 is 8.07 Å². The van der Waals surface area contributed by atoms with Crippen LogP contribution in [0.5, 0.6) is 0 Å². The number of nitrogens with zero attached hydrogens (tertiary/aromatic N) is 1. The topological polar surface area (TPSA) is 17.0 Å². The van der Waals surface area contributed by atoms with E-state index in [1.807, 2.05) is 6.07 Å². The zero-order valence-corrected chi connectivity index (χ0v) is 26.5. The van der Waals surface area contributed by atoms with E-state index in [-0.39, 0.29) is 5.82 Å². The van der Waals surface area contributed by atoms with Crippen LogP contribution in [0.4, 0.5) is 4.39 Å². The van der Waals surface area contributed by atoms with Crippen LogP contribution in [0.3, 0.4) is 0 Å². The van der Waals surface area contributed by atoms with Crippen molar-refractivity contribution >= 4 is 56.5 Å². The third-order valence-corrected chi connectivity index (χ3v) is 14.0. The van der Waals surface area contributed by atoms with Crippen molar-refractivity contribution < 1.29 is 13.4 Å². The van der Waals surface area contributed by atoms with Crippen molar-refractivity contribution in [3.05, 3.63) is 131 Å². The molecule has 0 bridgehead atoms. The Labute approximate surface area is 253 Å². The van der Waals surface area contributed by atoms with E-state index in [4.69, 9.17) is 4.42 Å². The molecule has 43 heavy (non-hydrogen) atoms. The summed E-state index contributed by atoms with van der Waals surface area (Å²) in [6.07, 6.45) is 0. The Morgan fingerprint density at radius 2 is 1.30 bits per heavy atom. The van der Waals surface area contributed by atoms with Crippen molar-refractivity contribution in [3.63, 3.8) is 0 Å². The van der Waals surface area contributed by atoms with Gasteiger partial charge in [-0.05, 0) is 78.6 Å². The molecule has 2 nitrogen and oxygen atoms in total. The molecule has 7 aromatic rings. The van der Waals surface area contributed by atoms with Gasteiger partial charge in [-0.3, -0.25) is 0 Å². The molecule has 0 N–H and O–H groups in total. The Kier molecular flexibility index (Phi) is 6.37. The average Bonchev–Trinajstić information content (AvgIpc) is 3.39. The molecule has 212 valence electrons. The molecular formula is C39H35FNOSi+. The van der Waals surface area contributed by atoms with Gasteiger partial charge in [-0.25, -0.2) is 4.39 Å². The standard InChI is InChI=1S/C39H35FNOSi/c1-24-17-20-34-32(21-24)36(43(6,28-13-9-7-10-14-28)29-15-11-8-12-16-29)23-35(41(34)5)37-26(3)25(2)22-31-30-18-19-33(40)27(4)38(30)42-39(31)37/h7-23H,1-6H3/q+1. The molecule has 0 amide bonds. The van der Waals surface area contributed by atoms with E-state index in [0.717, 1.165) is 27.6 Å². The van der Waals surface area contributed by atoms with Crippen LogP contribution >= 0.6 is 0 Å². The molecule has 2 heterocycles. The maximum Gasteiger partial charge on any atom is 0.216 e. The molecule has 7 rings (SSSR count). The number of hydrogen-bond acceptors (Lipinski definition) is 1. The van der Waals surface area contributed by atoms with E-state index >= 15 is 0 Å². The van der Waals surface area contributed by atoms with Crippen molar-refractivity contribution in [2.75, 3.05) is 0 Å². The van der Waals surface area contributed by atoms with Crippen molar-refractivity contribution in [1.82, 2.24) is 0 Å². The molecule has 0 aliphatic heterocycles. The molecule has 0 aliphatic rings. The number of hydrogen-bond donors (Lipinski definition) is 0. The van der Waals surface area contributed by atoms with Crippen LogP contribution in [0, 0.1) is 33.5 Å².